The molecule has 2 atom stereocenters. The second-order valence-corrected chi connectivity index (χ2v) is 18.9. The summed E-state index contributed by atoms with van der Waals surface area (Å²) in [5, 5.41) is 6.49. The minimum atomic E-state index is -2.81. The van der Waals surface area contributed by atoms with E-state index in [0.717, 1.165) is 35.3 Å². The fourth-order valence-corrected chi connectivity index (χ4v) is 14.4. The molecule has 1 aliphatic heterocycles. The maximum absolute atomic E-state index is 5.45. The molecule has 57 heavy (non-hydrogen) atoms. The van der Waals surface area contributed by atoms with E-state index in [4.69, 9.17) is 15.0 Å². The molecule has 3 aliphatic rings. The first-order valence-electron chi connectivity index (χ1n) is 19.8. The Kier molecular flexibility index (Phi) is 8.03. The molecule has 6 aromatic carbocycles. The molecule has 6 heteroatoms. The van der Waals surface area contributed by atoms with Crippen LogP contribution >= 0.6 is 0 Å². The van der Waals surface area contributed by atoms with Crippen LogP contribution in [0.1, 0.15) is 29.2 Å². The number of anilines is 2. The Morgan fingerprint density at radius 3 is 1.95 bits per heavy atom. The van der Waals surface area contributed by atoms with E-state index in [1.54, 1.807) is 0 Å². The van der Waals surface area contributed by atoms with Crippen LogP contribution in [0.15, 0.2) is 194 Å². The van der Waals surface area contributed by atoms with Crippen LogP contribution in [-0.2, 0) is 6.42 Å². The van der Waals surface area contributed by atoms with Crippen molar-refractivity contribution in [3.8, 4) is 17.3 Å². The topological polar surface area (TPSA) is 46.8 Å². The molecule has 11 rings (SSSR count). The molecule has 5 nitrogen and oxygen atoms in total. The highest BCUT2D eigenvalue weighted by atomic mass is 28.3. The van der Waals surface area contributed by atoms with Crippen molar-refractivity contribution >= 4 is 57.4 Å². The Labute approximate surface area is 333 Å². The molecule has 0 saturated heterocycles. The maximum Gasteiger partial charge on any atom is 0.240 e. The molecule has 0 bridgehead atoms. The maximum atomic E-state index is 5.45. The van der Waals surface area contributed by atoms with Crippen LogP contribution in [0.5, 0.6) is 0 Å². The van der Waals surface area contributed by atoms with Crippen molar-refractivity contribution in [1.29, 1.82) is 0 Å². The highest BCUT2D eigenvalue weighted by molar-refractivity contribution is 7.19. The minimum absolute atomic E-state index is 0.0475. The largest absolute Gasteiger partial charge is 0.302 e. The van der Waals surface area contributed by atoms with E-state index in [0.29, 0.717) is 17.7 Å². The molecule has 0 saturated carbocycles. The van der Waals surface area contributed by atoms with Crippen molar-refractivity contribution in [2.45, 2.75) is 24.8 Å². The summed E-state index contributed by atoms with van der Waals surface area (Å²) in [7, 11) is -2.81. The van der Waals surface area contributed by atoms with Crippen molar-refractivity contribution < 1.29 is 0 Å². The number of hydrogen-bond acceptors (Lipinski definition) is 4. The number of rotatable bonds is 7. The molecule has 2 unspecified atom stereocenters. The van der Waals surface area contributed by atoms with Gasteiger partial charge in [0.2, 0.25) is 11.9 Å². The Morgan fingerprint density at radius 1 is 0.561 bits per heavy atom. The lowest BCUT2D eigenvalue weighted by molar-refractivity contribution is 0.724. The molecule has 272 valence electrons. The van der Waals surface area contributed by atoms with E-state index in [9.17, 15) is 0 Å². The summed E-state index contributed by atoms with van der Waals surface area (Å²) in [6.07, 6.45) is 15.4. The molecule has 8 aromatic rings. The molecule has 0 amide bonds. The zero-order valence-electron chi connectivity index (χ0n) is 31.4. The van der Waals surface area contributed by atoms with Crippen molar-refractivity contribution in [1.82, 2.24) is 19.5 Å². The van der Waals surface area contributed by atoms with E-state index < -0.39 is 8.07 Å². The Balaban J connectivity index is 1.18. The SMILES string of the molecule is C1=CC2c3ccccc3N(c3nc(-c4cccc([Si](c5ccccc5)(c5ccccc5)c5ccccc5)c4)nc(-n4c5c(c6ccccc64)CCC=C5)n3)C2C=C1. The van der Waals surface area contributed by atoms with Gasteiger partial charge in [-0.2, -0.15) is 15.0 Å². The van der Waals surface area contributed by atoms with Gasteiger partial charge in [0.25, 0.3) is 0 Å². The van der Waals surface area contributed by atoms with Crippen LogP contribution in [0.4, 0.5) is 11.6 Å². The second kappa shape index (κ2) is 13.7. The number of hydrogen-bond donors (Lipinski definition) is 0. The van der Waals surface area contributed by atoms with E-state index in [2.05, 4.69) is 210 Å². The van der Waals surface area contributed by atoms with E-state index in [1.807, 2.05) is 0 Å². The quantitative estimate of drug-likeness (QED) is 0.121. The number of nitrogens with zero attached hydrogens (tertiary/aromatic N) is 5. The Morgan fingerprint density at radius 2 is 1.19 bits per heavy atom. The average Bonchev–Trinajstić information content (AvgIpc) is 3.81. The number of fused-ring (bicyclic) bond motifs is 6. The summed E-state index contributed by atoms with van der Waals surface area (Å²) < 4.78 is 2.26. The number of allylic oxidation sites excluding steroid dienone is 3. The van der Waals surface area contributed by atoms with Crippen molar-refractivity contribution in [3.05, 3.63) is 211 Å². The molecule has 2 aromatic heterocycles. The molecular weight excluding hydrogens is 711 g/mol. The summed E-state index contributed by atoms with van der Waals surface area (Å²) in [4.78, 5) is 18.6. The molecule has 0 fully saturated rings. The van der Waals surface area contributed by atoms with Crippen LogP contribution < -0.4 is 25.6 Å². The fraction of sp³-hybridized carbons (Fsp3) is 0.0784. The van der Waals surface area contributed by atoms with Crippen LogP contribution in [0, 0.1) is 0 Å². The number of aromatic nitrogens is 4. The van der Waals surface area contributed by atoms with Gasteiger partial charge in [-0.05, 0) is 62.9 Å². The standard InChI is InChI=1S/C51H39N5Si/c1-4-20-37(21-5-1)57(38-22-6-2-7-23-38,39-24-8-3-9-25-39)40-26-18-19-36(35-40)49-52-50(55-45-31-14-10-27-41(45)42-28-11-15-32-46(42)55)54-51(53-49)56-47-33-16-12-29-43(47)44-30-13-17-34-48(44)56/h1-12,14-29,31-35,41,45H,13,30H2. The van der Waals surface area contributed by atoms with Gasteiger partial charge in [-0.3, -0.25) is 4.57 Å². The third-order valence-corrected chi connectivity index (χ3v) is 16.8. The van der Waals surface area contributed by atoms with Crippen LogP contribution in [0.2, 0.25) is 0 Å². The lowest BCUT2D eigenvalue weighted by Gasteiger charge is -2.34. The molecule has 0 spiro atoms. The third-order valence-electron chi connectivity index (χ3n) is 12.0. The van der Waals surface area contributed by atoms with Gasteiger partial charge in [0.1, 0.15) is 0 Å². The van der Waals surface area contributed by atoms with Gasteiger partial charge in [-0.1, -0.05) is 182 Å². The van der Waals surface area contributed by atoms with Gasteiger partial charge in [-0.15, -0.1) is 0 Å². The smallest absolute Gasteiger partial charge is 0.240 e. The highest BCUT2D eigenvalue weighted by Gasteiger charge is 2.42. The van der Waals surface area contributed by atoms with Crippen molar-refractivity contribution in [2.75, 3.05) is 4.90 Å². The zero-order chi connectivity index (χ0) is 37.8. The first-order chi connectivity index (χ1) is 28.3. The first kappa shape index (κ1) is 33.4. The molecular formula is C51H39N5Si. The van der Waals surface area contributed by atoms with Gasteiger partial charge in [-0.25, -0.2) is 0 Å². The Hall–Kier alpha value is -6.89. The van der Waals surface area contributed by atoms with Gasteiger partial charge < -0.3 is 4.90 Å². The van der Waals surface area contributed by atoms with Gasteiger partial charge in [0.05, 0.1) is 17.3 Å². The van der Waals surface area contributed by atoms with E-state index >= 15 is 0 Å². The van der Waals surface area contributed by atoms with Gasteiger partial charge in [0, 0.05) is 22.6 Å². The normalized spacial score (nSPS) is 16.7. The summed E-state index contributed by atoms with van der Waals surface area (Å²) in [6.45, 7) is 0. The predicted octanol–water partition coefficient (Wildman–Crippen LogP) is 8.55. The summed E-state index contributed by atoms with van der Waals surface area (Å²) in [5.74, 6) is 2.12. The monoisotopic (exact) mass is 749 g/mol. The summed E-state index contributed by atoms with van der Waals surface area (Å²) >= 11 is 0. The lowest BCUT2D eigenvalue weighted by atomic mass is 9.92. The van der Waals surface area contributed by atoms with E-state index in [1.165, 1.54) is 37.3 Å². The third kappa shape index (κ3) is 5.32. The number of para-hydroxylation sites is 2. The van der Waals surface area contributed by atoms with E-state index in [-0.39, 0.29) is 12.0 Å². The van der Waals surface area contributed by atoms with Gasteiger partial charge in [0.15, 0.2) is 13.9 Å². The number of benzene rings is 6. The predicted molar refractivity (Wildman–Crippen MR) is 236 cm³/mol. The lowest BCUT2D eigenvalue weighted by Crippen LogP contribution is -2.74. The highest BCUT2D eigenvalue weighted by Crippen LogP contribution is 2.47. The Bertz CT molecular complexity index is 2780. The van der Waals surface area contributed by atoms with Crippen LogP contribution in [-0.4, -0.2) is 33.6 Å². The average molecular weight is 750 g/mol. The molecule has 0 radical (unpaired) electrons. The van der Waals surface area contributed by atoms with Crippen molar-refractivity contribution in [2.24, 2.45) is 0 Å². The summed E-state index contributed by atoms with van der Waals surface area (Å²) in [6, 6.07) is 59.6. The van der Waals surface area contributed by atoms with Crippen molar-refractivity contribution in [3.63, 3.8) is 0 Å². The summed E-state index contributed by atoms with van der Waals surface area (Å²) in [5.41, 5.74) is 6.96. The second-order valence-electron chi connectivity index (χ2n) is 15.1. The van der Waals surface area contributed by atoms with Crippen LogP contribution in [0.25, 0.3) is 34.3 Å². The fourth-order valence-electron chi connectivity index (χ4n) is 9.57. The first-order valence-corrected chi connectivity index (χ1v) is 21.8. The number of aryl methyl sites for hydroxylation is 1. The minimum Gasteiger partial charge on any atom is -0.302 e. The van der Waals surface area contributed by atoms with Gasteiger partial charge >= 0.3 is 0 Å². The molecule has 2 aliphatic carbocycles. The molecule has 3 heterocycles. The zero-order valence-corrected chi connectivity index (χ0v) is 32.4. The molecule has 0 N–H and O–H groups in total. The van der Waals surface area contributed by atoms with Crippen LogP contribution in [0.3, 0.4) is 0 Å².